The first-order chi connectivity index (χ1) is 13.8. The van der Waals surface area contributed by atoms with Gasteiger partial charge in [0.15, 0.2) is 0 Å². The zero-order valence-electron chi connectivity index (χ0n) is 16.0. The van der Waals surface area contributed by atoms with E-state index in [1.54, 1.807) is 38.2 Å². The molecule has 0 fully saturated rings. The summed E-state index contributed by atoms with van der Waals surface area (Å²) in [6.45, 7) is 3.80. The van der Waals surface area contributed by atoms with Crippen molar-refractivity contribution in [2.75, 3.05) is 11.9 Å². The summed E-state index contributed by atoms with van der Waals surface area (Å²) in [5.74, 6) is -0.392. The van der Waals surface area contributed by atoms with Crippen LogP contribution < -0.4 is 5.32 Å². The molecule has 0 spiro atoms. The van der Waals surface area contributed by atoms with Crippen molar-refractivity contribution in [1.82, 2.24) is 9.78 Å². The summed E-state index contributed by atoms with van der Waals surface area (Å²) in [6, 6.07) is 12.3. The molecule has 8 heteroatoms. The Labute approximate surface area is 166 Å². The Kier molecular flexibility index (Phi) is 5.91. The molecule has 0 radical (unpaired) electrons. The fourth-order valence-electron chi connectivity index (χ4n) is 2.96. The number of aromatic nitrogens is 2. The van der Waals surface area contributed by atoms with Crippen molar-refractivity contribution in [1.29, 1.82) is 0 Å². The van der Waals surface area contributed by atoms with Crippen molar-refractivity contribution >= 4 is 17.3 Å². The lowest BCUT2D eigenvalue weighted by Crippen LogP contribution is -2.13. The zero-order valence-corrected chi connectivity index (χ0v) is 16.0. The van der Waals surface area contributed by atoms with Crippen LogP contribution in [-0.4, -0.2) is 22.4 Å². The first-order valence-corrected chi connectivity index (χ1v) is 9.01. The van der Waals surface area contributed by atoms with Crippen LogP contribution in [0, 0.1) is 6.92 Å². The number of hydrogen-bond acceptors (Lipinski definition) is 4. The second-order valence-corrected chi connectivity index (χ2v) is 6.38. The van der Waals surface area contributed by atoms with E-state index in [9.17, 15) is 18.0 Å². The number of nitrogens with one attached hydrogen (secondary N) is 1. The number of para-hydroxylation sites is 1. The number of esters is 1. The predicted octanol–water partition coefficient (Wildman–Crippen LogP) is 5.18. The van der Waals surface area contributed by atoms with Crippen molar-refractivity contribution in [2.24, 2.45) is 0 Å². The van der Waals surface area contributed by atoms with E-state index in [-0.39, 0.29) is 13.2 Å². The van der Waals surface area contributed by atoms with Gasteiger partial charge in [-0.25, -0.2) is 0 Å². The van der Waals surface area contributed by atoms with Gasteiger partial charge in [0.2, 0.25) is 0 Å². The van der Waals surface area contributed by atoms with E-state index in [0.717, 1.165) is 23.3 Å². The number of ether oxygens (including phenoxy) is 1. The summed E-state index contributed by atoms with van der Waals surface area (Å²) >= 11 is 0. The van der Waals surface area contributed by atoms with Crippen molar-refractivity contribution < 1.29 is 22.7 Å². The summed E-state index contributed by atoms with van der Waals surface area (Å²) in [5.41, 5.74) is 2.45. The normalized spacial score (nSPS) is 11.3. The number of rotatable bonds is 6. The molecule has 1 N–H and O–H groups in total. The summed E-state index contributed by atoms with van der Waals surface area (Å²) in [4.78, 5) is 11.7. The molecule has 1 aromatic heterocycles. The average Bonchev–Trinajstić information content (AvgIpc) is 3.02. The van der Waals surface area contributed by atoms with Gasteiger partial charge in [-0.3, -0.25) is 9.48 Å². The first kappa shape index (κ1) is 20.4. The van der Waals surface area contributed by atoms with Crippen LogP contribution in [-0.2, 0) is 22.3 Å². The monoisotopic (exact) mass is 403 g/mol. The van der Waals surface area contributed by atoms with Gasteiger partial charge in [0.1, 0.15) is 6.54 Å². The van der Waals surface area contributed by atoms with Crippen LogP contribution >= 0.6 is 0 Å². The molecule has 3 rings (SSSR count). The first-order valence-electron chi connectivity index (χ1n) is 9.01. The molecular weight excluding hydrogens is 383 g/mol. The number of carbonyl (C=O) groups excluding carboxylic acids is 1. The highest BCUT2D eigenvalue weighted by molar-refractivity contribution is 5.82. The Morgan fingerprint density at radius 2 is 1.90 bits per heavy atom. The molecule has 3 aromatic rings. The van der Waals surface area contributed by atoms with Crippen LogP contribution in [0.15, 0.2) is 54.7 Å². The highest BCUT2D eigenvalue weighted by atomic mass is 19.4. The SMILES string of the molecule is CCOC(=O)Cn1cc(-c2ccccc2Nc2cccc(C(F)(F)F)c2)c(C)n1. The Balaban J connectivity index is 1.91. The number of nitrogens with zero attached hydrogens (tertiary/aromatic N) is 2. The molecule has 0 saturated heterocycles. The van der Waals surface area contributed by atoms with Crippen molar-refractivity contribution in [2.45, 2.75) is 26.6 Å². The molecule has 0 unspecified atom stereocenters. The largest absolute Gasteiger partial charge is 0.465 e. The smallest absolute Gasteiger partial charge is 0.416 e. The van der Waals surface area contributed by atoms with Gasteiger partial charge in [0.05, 0.1) is 17.9 Å². The molecule has 0 atom stereocenters. The highest BCUT2D eigenvalue weighted by Crippen LogP contribution is 2.34. The van der Waals surface area contributed by atoms with E-state index < -0.39 is 17.7 Å². The minimum absolute atomic E-state index is 0.0160. The molecule has 5 nitrogen and oxygen atoms in total. The molecule has 0 bridgehead atoms. The fraction of sp³-hybridized carbons (Fsp3) is 0.238. The summed E-state index contributed by atoms with van der Waals surface area (Å²) < 4.78 is 45.4. The van der Waals surface area contributed by atoms with Gasteiger partial charge in [-0.15, -0.1) is 0 Å². The van der Waals surface area contributed by atoms with Gasteiger partial charge in [-0.2, -0.15) is 18.3 Å². The molecule has 0 amide bonds. The number of alkyl halides is 3. The van der Waals surface area contributed by atoms with Crippen molar-refractivity contribution in [3.8, 4) is 11.1 Å². The van der Waals surface area contributed by atoms with Crippen LogP contribution in [0.1, 0.15) is 18.2 Å². The molecule has 0 saturated carbocycles. The number of anilines is 2. The molecule has 0 aliphatic carbocycles. The van der Waals surface area contributed by atoms with Gasteiger partial charge in [0, 0.05) is 28.7 Å². The lowest BCUT2D eigenvalue weighted by Gasteiger charge is -2.13. The lowest BCUT2D eigenvalue weighted by molar-refractivity contribution is -0.144. The number of benzene rings is 2. The molecule has 0 aliphatic heterocycles. The number of halogens is 3. The lowest BCUT2D eigenvalue weighted by atomic mass is 10.0. The quantitative estimate of drug-likeness (QED) is 0.576. The molecule has 29 heavy (non-hydrogen) atoms. The third-order valence-corrected chi connectivity index (χ3v) is 4.23. The van der Waals surface area contributed by atoms with Gasteiger partial charge in [-0.1, -0.05) is 24.3 Å². The molecule has 1 heterocycles. The Bertz CT molecular complexity index is 1010. The fourth-order valence-corrected chi connectivity index (χ4v) is 2.96. The van der Waals surface area contributed by atoms with Gasteiger partial charge < -0.3 is 10.1 Å². The van der Waals surface area contributed by atoms with Crippen molar-refractivity contribution in [3.63, 3.8) is 0 Å². The average molecular weight is 403 g/mol. The number of aryl methyl sites for hydroxylation is 1. The van der Waals surface area contributed by atoms with E-state index in [1.165, 1.54) is 10.7 Å². The maximum Gasteiger partial charge on any atom is 0.416 e. The summed E-state index contributed by atoms with van der Waals surface area (Å²) in [6.07, 6.45) is -2.69. The molecule has 2 aromatic carbocycles. The Hall–Kier alpha value is -3.29. The van der Waals surface area contributed by atoms with E-state index in [0.29, 0.717) is 17.1 Å². The Morgan fingerprint density at radius 1 is 1.14 bits per heavy atom. The second kappa shape index (κ2) is 8.38. The van der Waals surface area contributed by atoms with E-state index >= 15 is 0 Å². The third-order valence-electron chi connectivity index (χ3n) is 4.23. The number of hydrogen-bond donors (Lipinski definition) is 1. The van der Waals surface area contributed by atoms with E-state index in [4.69, 9.17) is 4.74 Å². The van der Waals surface area contributed by atoms with Gasteiger partial charge in [-0.05, 0) is 38.1 Å². The topological polar surface area (TPSA) is 56.1 Å². The molecule has 152 valence electrons. The van der Waals surface area contributed by atoms with Gasteiger partial charge >= 0.3 is 12.1 Å². The Morgan fingerprint density at radius 3 is 2.62 bits per heavy atom. The zero-order chi connectivity index (χ0) is 21.0. The minimum Gasteiger partial charge on any atom is -0.465 e. The minimum atomic E-state index is -4.41. The van der Waals surface area contributed by atoms with Crippen LogP contribution in [0.2, 0.25) is 0 Å². The maximum atomic E-state index is 13.0. The van der Waals surface area contributed by atoms with Crippen LogP contribution in [0.25, 0.3) is 11.1 Å². The highest BCUT2D eigenvalue weighted by Gasteiger charge is 2.30. The van der Waals surface area contributed by atoms with E-state index in [2.05, 4.69) is 10.4 Å². The van der Waals surface area contributed by atoms with Crippen LogP contribution in [0.3, 0.4) is 0 Å². The van der Waals surface area contributed by atoms with Gasteiger partial charge in [0.25, 0.3) is 0 Å². The van der Waals surface area contributed by atoms with Crippen LogP contribution in [0.5, 0.6) is 0 Å². The maximum absolute atomic E-state index is 13.0. The second-order valence-electron chi connectivity index (χ2n) is 6.38. The molecular formula is C21H20F3N3O2. The summed E-state index contributed by atoms with van der Waals surface area (Å²) in [5, 5.41) is 7.40. The van der Waals surface area contributed by atoms with Crippen molar-refractivity contribution in [3.05, 3.63) is 66.0 Å². The molecule has 0 aliphatic rings. The third kappa shape index (κ3) is 4.96. The van der Waals surface area contributed by atoms with E-state index in [1.807, 2.05) is 12.1 Å². The standard InChI is InChI=1S/C21H20F3N3O2/c1-3-29-20(28)13-27-12-18(14(2)26-27)17-9-4-5-10-19(17)25-16-8-6-7-15(11-16)21(22,23)24/h4-12,25H,3,13H2,1-2H3. The number of carbonyl (C=O) groups is 1. The summed E-state index contributed by atoms with van der Waals surface area (Å²) in [7, 11) is 0. The van der Waals surface area contributed by atoms with Crippen LogP contribution in [0.4, 0.5) is 24.5 Å². The predicted molar refractivity (Wildman–Crippen MR) is 104 cm³/mol.